The van der Waals surface area contributed by atoms with Crippen LogP contribution in [0.1, 0.15) is 31.0 Å². The number of pyridine rings is 1. The Morgan fingerprint density at radius 2 is 2.07 bits per heavy atom. The number of hydrogen-bond donors (Lipinski definition) is 1. The third-order valence-electron chi connectivity index (χ3n) is 5.39. The van der Waals surface area contributed by atoms with Gasteiger partial charge in [-0.3, -0.25) is 0 Å². The summed E-state index contributed by atoms with van der Waals surface area (Å²) in [5, 5.41) is 9.13. The second kappa shape index (κ2) is 6.92. The van der Waals surface area contributed by atoms with Crippen molar-refractivity contribution in [3.05, 3.63) is 24.2 Å². The lowest BCUT2D eigenvalue weighted by Crippen LogP contribution is -2.43. The van der Waals surface area contributed by atoms with Crippen LogP contribution >= 0.6 is 0 Å². The molecule has 0 aromatic carbocycles. The predicted molar refractivity (Wildman–Crippen MR) is 92.8 cm³/mol. The Balaban J connectivity index is 1.47. The van der Waals surface area contributed by atoms with Crippen molar-refractivity contribution in [1.29, 1.82) is 0 Å². The molecule has 158 valence electrons. The molecule has 13 heteroatoms. The van der Waals surface area contributed by atoms with Gasteiger partial charge in [-0.15, -0.1) is 0 Å². The van der Waals surface area contributed by atoms with E-state index in [0.717, 1.165) is 6.42 Å². The van der Waals surface area contributed by atoms with Gasteiger partial charge >= 0.3 is 6.18 Å². The number of halogens is 3. The fourth-order valence-electron chi connectivity index (χ4n) is 3.75. The largest absolute Gasteiger partial charge is 0.482 e. The summed E-state index contributed by atoms with van der Waals surface area (Å²) < 4.78 is 71.5. The van der Waals surface area contributed by atoms with Crippen molar-refractivity contribution in [2.75, 3.05) is 19.7 Å². The van der Waals surface area contributed by atoms with Gasteiger partial charge in [0.05, 0.1) is 0 Å². The Kier molecular flexibility index (Phi) is 4.78. The number of nitrogens with two attached hydrogens (primary N) is 1. The third-order valence-corrected chi connectivity index (χ3v) is 6.47. The highest BCUT2D eigenvalue weighted by Gasteiger charge is 2.58. The molecule has 0 radical (unpaired) electrons. The normalized spacial score (nSPS) is 22.0. The average molecular weight is 433 g/mol. The van der Waals surface area contributed by atoms with Crippen LogP contribution in [0.4, 0.5) is 13.2 Å². The molecular weight excluding hydrogens is 415 g/mol. The summed E-state index contributed by atoms with van der Waals surface area (Å²) in [6, 6.07) is 2.79. The molecule has 2 aliphatic rings. The van der Waals surface area contributed by atoms with E-state index in [1.165, 1.54) is 22.6 Å². The number of ether oxygens (including phenoxy) is 1. The summed E-state index contributed by atoms with van der Waals surface area (Å²) in [5.41, 5.74) is -0.0727. The highest BCUT2D eigenvalue weighted by atomic mass is 32.2. The molecule has 1 saturated carbocycles. The van der Waals surface area contributed by atoms with Gasteiger partial charge in [0, 0.05) is 25.2 Å². The van der Waals surface area contributed by atoms with Gasteiger partial charge in [0.25, 0.3) is 16.1 Å². The van der Waals surface area contributed by atoms with Crippen LogP contribution in [0.15, 0.2) is 22.9 Å². The van der Waals surface area contributed by atoms with Crippen molar-refractivity contribution >= 4 is 10.2 Å². The lowest BCUT2D eigenvalue weighted by atomic mass is 9.92. The summed E-state index contributed by atoms with van der Waals surface area (Å²) >= 11 is 0. The van der Waals surface area contributed by atoms with E-state index in [1.807, 2.05) is 0 Å². The number of aromatic nitrogens is 3. The van der Waals surface area contributed by atoms with E-state index in [9.17, 15) is 21.6 Å². The molecule has 4 rings (SSSR count). The topological polar surface area (TPSA) is 124 Å². The molecule has 2 fully saturated rings. The lowest BCUT2D eigenvalue weighted by Gasteiger charge is -2.30. The van der Waals surface area contributed by atoms with Gasteiger partial charge in [-0.05, 0) is 36.8 Å². The second-order valence-corrected chi connectivity index (χ2v) is 8.82. The fourth-order valence-corrected chi connectivity index (χ4v) is 4.44. The van der Waals surface area contributed by atoms with Crippen LogP contribution in [0.5, 0.6) is 5.75 Å². The minimum atomic E-state index is -4.49. The van der Waals surface area contributed by atoms with E-state index in [4.69, 9.17) is 14.4 Å². The van der Waals surface area contributed by atoms with E-state index in [0.29, 0.717) is 31.8 Å². The molecular formula is C16H18F3N5O4S. The Bertz CT molecular complexity index is 1000. The van der Waals surface area contributed by atoms with Crippen LogP contribution in [0.3, 0.4) is 0 Å². The number of rotatable bonds is 5. The van der Waals surface area contributed by atoms with Crippen molar-refractivity contribution in [2.24, 2.45) is 10.6 Å². The first-order valence-corrected chi connectivity index (χ1v) is 10.3. The summed E-state index contributed by atoms with van der Waals surface area (Å²) in [5.74, 6) is 0.288. The van der Waals surface area contributed by atoms with Crippen LogP contribution in [0.2, 0.25) is 0 Å². The molecule has 3 heterocycles. The van der Waals surface area contributed by atoms with Crippen molar-refractivity contribution in [3.63, 3.8) is 0 Å². The zero-order valence-corrected chi connectivity index (χ0v) is 15.9. The lowest BCUT2D eigenvalue weighted by molar-refractivity contribution is -0.153. The first kappa shape index (κ1) is 20.0. The maximum absolute atomic E-state index is 12.5. The van der Waals surface area contributed by atoms with Gasteiger partial charge in [-0.25, -0.2) is 10.1 Å². The zero-order chi connectivity index (χ0) is 20.9. The summed E-state index contributed by atoms with van der Waals surface area (Å²) in [6.45, 7) is -0.801. The summed E-state index contributed by atoms with van der Waals surface area (Å²) in [6.07, 6.45) is -1.06. The second-order valence-electron chi connectivity index (χ2n) is 7.27. The summed E-state index contributed by atoms with van der Waals surface area (Å²) in [4.78, 5) is 8.31. The minimum absolute atomic E-state index is 0.00844. The number of nitrogens with zero attached hydrogens (tertiary/aromatic N) is 4. The van der Waals surface area contributed by atoms with Crippen LogP contribution in [-0.4, -0.2) is 53.7 Å². The molecule has 1 spiro atoms. The maximum Gasteiger partial charge on any atom is 0.422 e. The van der Waals surface area contributed by atoms with Gasteiger partial charge in [0.2, 0.25) is 0 Å². The highest BCUT2D eigenvalue weighted by Crippen LogP contribution is 2.64. The highest BCUT2D eigenvalue weighted by molar-refractivity contribution is 7.86. The predicted octanol–water partition coefficient (Wildman–Crippen LogP) is 1.85. The van der Waals surface area contributed by atoms with Crippen molar-refractivity contribution < 1.29 is 30.8 Å². The molecule has 2 N–H and O–H groups in total. The van der Waals surface area contributed by atoms with Crippen LogP contribution < -0.4 is 9.88 Å². The van der Waals surface area contributed by atoms with E-state index in [-0.39, 0.29) is 28.7 Å². The molecule has 1 aliphatic carbocycles. The zero-order valence-electron chi connectivity index (χ0n) is 15.1. The smallest absolute Gasteiger partial charge is 0.422 e. The van der Waals surface area contributed by atoms with Gasteiger partial charge < -0.3 is 9.26 Å². The molecule has 29 heavy (non-hydrogen) atoms. The van der Waals surface area contributed by atoms with Gasteiger partial charge in [0.15, 0.2) is 23.9 Å². The third kappa shape index (κ3) is 4.21. The van der Waals surface area contributed by atoms with Crippen LogP contribution in [0, 0.1) is 5.41 Å². The summed E-state index contributed by atoms with van der Waals surface area (Å²) in [7, 11) is -3.70. The Morgan fingerprint density at radius 3 is 2.72 bits per heavy atom. The first-order valence-electron chi connectivity index (χ1n) is 8.84. The van der Waals surface area contributed by atoms with Gasteiger partial charge in [-0.2, -0.15) is 30.9 Å². The number of alkyl halides is 3. The number of hydrogen-bond acceptors (Lipinski definition) is 7. The molecule has 0 unspecified atom stereocenters. The average Bonchev–Trinajstić information content (AvgIpc) is 3.12. The Morgan fingerprint density at radius 1 is 1.34 bits per heavy atom. The van der Waals surface area contributed by atoms with E-state index >= 15 is 0 Å². The van der Waals surface area contributed by atoms with Crippen LogP contribution in [0.25, 0.3) is 11.6 Å². The Hall–Kier alpha value is -2.25. The van der Waals surface area contributed by atoms with Gasteiger partial charge in [0.1, 0.15) is 0 Å². The monoisotopic (exact) mass is 433 g/mol. The van der Waals surface area contributed by atoms with Gasteiger partial charge in [-0.1, -0.05) is 5.16 Å². The van der Waals surface area contributed by atoms with E-state index < -0.39 is 23.0 Å². The SMILES string of the molecule is NS(=O)(=O)N1CCC2(CC1)C[C@H]2c1noc(-c2ncccc2OCC(F)(F)F)n1. The van der Waals surface area contributed by atoms with Crippen molar-refractivity contribution in [2.45, 2.75) is 31.4 Å². The van der Waals surface area contributed by atoms with Crippen molar-refractivity contribution in [3.8, 4) is 17.3 Å². The molecule has 1 atom stereocenters. The molecule has 2 aromatic rings. The molecule has 9 nitrogen and oxygen atoms in total. The first-order chi connectivity index (χ1) is 13.6. The number of piperidine rings is 1. The maximum atomic E-state index is 12.5. The molecule has 0 bridgehead atoms. The van der Waals surface area contributed by atoms with E-state index in [1.54, 1.807) is 0 Å². The Labute approximate surface area is 164 Å². The molecule has 0 amide bonds. The fraction of sp³-hybridized carbons (Fsp3) is 0.562. The molecule has 1 saturated heterocycles. The molecule has 1 aliphatic heterocycles. The standard InChI is InChI=1S/C16H18F3N5O4S/c17-16(18,19)9-27-11-2-1-5-21-12(11)14-22-13(23-28-14)10-8-15(10)3-6-24(7-4-15)29(20,25)26/h1-2,5,10H,3-4,6-9H2,(H2,20,25,26)/t10-/m0/s1. The minimum Gasteiger partial charge on any atom is -0.482 e. The van der Waals surface area contributed by atoms with E-state index in [2.05, 4.69) is 15.1 Å². The quantitative estimate of drug-likeness (QED) is 0.763. The van der Waals surface area contributed by atoms with Crippen LogP contribution in [-0.2, 0) is 10.2 Å². The molecule has 2 aromatic heterocycles. The van der Waals surface area contributed by atoms with Crippen molar-refractivity contribution in [1.82, 2.24) is 19.4 Å².